The number of nitrogens with one attached hydrogen (secondary N) is 1. The molecule has 0 fully saturated rings. The van der Waals surface area contributed by atoms with Crippen molar-refractivity contribution in [2.45, 2.75) is 33.0 Å². The molecular formula is C19H21FN2O3. The van der Waals surface area contributed by atoms with Gasteiger partial charge in [0.25, 0.3) is 0 Å². The van der Waals surface area contributed by atoms with Crippen molar-refractivity contribution >= 4 is 12.0 Å². The lowest BCUT2D eigenvalue weighted by atomic mass is 10.1. The lowest BCUT2D eigenvalue weighted by molar-refractivity contribution is 0.0697. The first-order chi connectivity index (χ1) is 11.9. The van der Waals surface area contributed by atoms with Crippen LogP contribution in [-0.2, 0) is 13.1 Å². The molecule has 2 rings (SSSR count). The number of rotatable bonds is 6. The monoisotopic (exact) mass is 344 g/mol. The van der Waals surface area contributed by atoms with Gasteiger partial charge < -0.3 is 15.3 Å². The van der Waals surface area contributed by atoms with E-state index in [1.807, 2.05) is 13.8 Å². The van der Waals surface area contributed by atoms with Gasteiger partial charge in [0.15, 0.2) is 0 Å². The molecule has 0 aliphatic rings. The maximum absolute atomic E-state index is 13.3. The number of urea groups is 1. The minimum atomic E-state index is -0.989. The molecule has 0 saturated carbocycles. The minimum absolute atomic E-state index is 0.0577. The number of hydrogen-bond acceptors (Lipinski definition) is 2. The molecular weight excluding hydrogens is 323 g/mol. The van der Waals surface area contributed by atoms with Gasteiger partial charge in [-0.25, -0.2) is 14.0 Å². The predicted molar refractivity (Wildman–Crippen MR) is 92.7 cm³/mol. The Balaban J connectivity index is 1.99. The van der Waals surface area contributed by atoms with E-state index in [4.69, 9.17) is 5.11 Å². The second kappa shape index (κ2) is 8.28. The summed E-state index contributed by atoms with van der Waals surface area (Å²) in [6, 6.07) is 12.2. The number of carbonyl (C=O) groups is 2. The number of nitrogens with zero attached hydrogens (tertiary/aromatic N) is 1. The Labute approximate surface area is 146 Å². The molecule has 2 aromatic carbocycles. The average Bonchev–Trinajstić information content (AvgIpc) is 2.57. The summed E-state index contributed by atoms with van der Waals surface area (Å²) in [6.07, 6.45) is 0. The number of halogens is 1. The second-order valence-corrected chi connectivity index (χ2v) is 6.01. The number of aromatic carboxylic acids is 1. The van der Waals surface area contributed by atoms with E-state index in [0.717, 1.165) is 11.1 Å². The van der Waals surface area contributed by atoms with Gasteiger partial charge in [-0.1, -0.05) is 24.3 Å². The van der Waals surface area contributed by atoms with Crippen molar-refractivity contribution in [2.75, 3.05) is 0 Å². The van der Waals surface area contributed by atoms with E-state index in [9.17, 15) is 14.0 Å². The molecule has 5 nitrogen and oxygen atoms in total. The molecule has 0 radical (unpaired) electrons. The Hall–Kier alpha value is -2.89. The van der Waals surface area contributed by atoms with Gasteiger partial charge in [-0.3, -0.25) is 0 Å². The Morgan fingerprint density at radius 2 is 1.80 bits per heavy atom. The van der Waals surface area contributed by atoms with Crippen LogP contribution >= 0.6 is 0 Å². The van der Waals surface area contributed by atoms with E-state index < -0.39 is 5.97 Å². The topological polar surface area (TPSA) is 69.6 Å². The highest BCUT2D eigenvalue weighted by Crippen LogP contribution is 2.11. The molecule has 2 N–H and O–H groups in total. The van der Waals surface area contributed by atoms with Crippen LogP contribution in [0.15, 0.2) is 48.5 Å². The van der Waals surface area contributed by atoms with Crippen molar-refractivity contribution in [3.8, 4) is 0 Å². The lowest BCUT2D eigenvalue weighted by Gasteiger charge is -2.27. The highest BCUT2D eigenvalue weighted by molar-refractivity contribution is 5.87. The largest absolute Gasteiger partial charge is 0.478 e. The normalized spacial score (nSPS) is 10.6. The van der Waals surface area contributed by atoms with E-state index in [1.54, 1.807) is 29.2 Å². The zero-order valence-corrected chi connectivity index (χ0v) is 14.2. The molecule has 132 valence electrons. The summed E-state index contributed by atoms with van der Waals surface area (Å²) in [5, 5.41) is 11.7. The van der Waals surface area contributed by atoms with Crippen molar-refractivity contribution in [1.82, 2.24) is 10.2 Å². The van der Waals surface area contributed by atoms with Gasteiger partial charge in [0, 0.05) is 19.1 Å². The van der Waals surface area contributed by atoms with E-state index in [2.05, 4.69) is 5.32 Å². The molecule has 0 aliphatic carbocycles. The number of hydrogen-bond donors (Lipinski definition) is 2. The Bertz CT molecular complexity index is 745. The third-order valence-electron chi connectivity index (χ3n) is 3.77. The molecule has 2 amide bonds. The van der Waals surface area contributed by atoms with E-state index in [1.165, 1.54) is 24.3 Å². The Morgan fingerprint density at radius 3 is 2.36 bits per heavy atom. The van der Waals surface area contributed by atoms with Gasteiger partial charge in [-0.15, -0.1) is 0 Å². The van der Waals surface area contributed by atoms with Crippen molar-refractivity contribution in [3.05, 3.63) is 71.0 Å². The zero-order chi connectivity index (χ0) is 18.4. The minimum Gasteiger partial charge on any atom is -0.478 e. The maximum atomic E-state index is 13.3. The fraction of sp³-hybridized carbons (Fsp3) is 0.263. The molecule has 0 aromatic heterocycles. The third kappa shape index (κ3) is 5.31. The van der Waals surface area contributed by atoms with Crippen LogP contribution in [-0.4, -0.2) is 28.0 Å². The van der Waals surface area contributed by atoms with Gasteiger partial charge in [-0.2, -0.15) is 0 Å². The third-order valence-corrected chi connectivity index (χ3v) is 3.77. The molecule has 0 unspecified atom stereocenters. The molecule has 0 atom stereocenters. The SMILES string of the molecule is CC(C)N(Cc1cccc(F)c1)C(=O)NCc1ccc(C(=O)O)cc1. The fourth-order valence-corrected chi connectivity index (χ4v) is 2.37. The highest BCUT2D eigenvalue weighted by atomic mass is 19.1. The molecule has 2 aromatic rings. The number of amides is 2. The van der Waals surface area contributed by atoms with Crippen molar-refractivity contribution in [2.24, 2.45) is 0 Å². The quantitative estimate of drug-likeness (QED) is 0.840. The molecule has 0 spiro atoms. The van der Waals surface area contributed by atoms with Crippen molar-refractivity contribution < 1.29 is 19.1 Å². The zero-order valence-electron chi connectivity index (χ0n) is 14.2. The van der Waals surface area contributed by atoms with Crippen LogP contribution in [0, 0.1) is 5.82 Å². The first-order valence-corrected chi connectivity index (χ1v) is 7.98. The average molecular weight is 344 g/mol. The molecule has 0 heterocycles. The lowest BCUT2D eigenvalue weighted by Crippen LogP contribution is -2.43. The summed E-state index contributed by atoms with van der Waals surface area (Å²) in [4.78, 5) is 24.9. The molecule has 25 heavy (non-hydrogen) atoms. The Kier molecular flexibility index (Phi) is 6.11. The summed E-state index contributed by atoms with van der Waals surface area (Å²) in [5.41, 5.74) is 1.72. The standard InChI is InChI=1S/C19H21FN2O3/c1-13(2)22(12-15-4-3-5-17(20)10-15)19(25)21-11-14-6-8-16(9-7-14)18(23)24/h3-10,13H,11-12H2,1-2H3,(H,21,25)(H,23,24). The number of carboxylic acid groups (broad SMARTS) is 1. The number of benzene rings is 2. The number of carbonyl (C=O) groups excluding carboxylic acids is 1. The summed E-state index contributed by atoms with van der Waals surface area (Å²) < 4.78 is 13.3. The van der Waals surface area contributed by atoms with Crippen molar-refractivity contribution in [1.29, 1.82) is 0 Å². The highest BCUT2D eigenvalue weighted by Gasteiger charge is 2.17. The maximum Gasteiger partial charge on any atom is 0.335 e. The van der Waals surface area contributed by atoms with Gasteiger partial charge in [0.05, 0.1) is 5.56 Å². The predicted octanol–water partition coefficient (Wildman–Crippen LogP) is 3.64. The molecule has 6 heteroatoms. The van der Waals surface area contributed by atoms with E-state index in [-0.39, 0.29) is 30.0 Å². The second-order valence-electron chi connectivity index (χ2n) is 6.01. The van der Waals surface area contributed by atoms with Gasteiger partial charge in [0.1, 0.15) is 5.82 Å². The first-order valence-electron chi connectivity index (χ1n) is 7.98. The van der Waals surface area contributed by atoms with Crippen LogP contribution < -0.4 is 5.32 Å². The van der Waals surface area contributed by atoms with Crippen LogP contribution in [0.2, 0.25) is 0 Å². The van der Waals surface area contributed by atoms with Crippen molar-refractivity contribution in [3.63, 3.8) is 0 Å². The van der Waals surface area contributed by atoms with Crippen LogP contribution in [0.1, 0.15) is 35.3 Å². The summed E-state index contributed by atoms with van der Waals surface area (Å²) in [6.45, 7) is 4.37. The van der Waals surface area contributed by atoms with E-state index in [0.29, 0.717) is 6.54 Å². The summed E-state index contributed by atoms with van der Waals surface area (Å²) in [5.74, 6) is -1.32. The summed E-state index contributed by atoms with van der Waals surface area (Å²) >= 11 is 0. The van der Waals surface area contributed by atoms with Gasteiger partial charge in [-0.05, 0) is 49.2 Å². The van der Waals surface area contributed by atoms with E-state index >= 15 is 0 Å². The van der Waals surface area contributed by atoms with Crippen LogP contribution in [0.3, 0.4) is 0 Å². The fourth-order valence-electron chi connectivity index (χ4n) is 2.37. The first kappa shape index (κ1) is 18.4. The van der Waals surface area contributed by atoms with Crippen LogP contribution in [0.5, 0.6) is 0 Å². The van der Waals surface area contributed by atoms with Crippen LogP contribution in [0.25, 0.3) is 0 Å². The molecule has 0 aliphatic heterocycles. The van der Waals surface area contributed by atoms with Crippen LogP contribution in [0.4, 0.5) is 9.18 Å². The van der Waals surface area contributed by atoms with Gasteiger partial charge >= 0.3 is 12.0 Å². The molecule has 0 saturated heterocycles. The number of carboxylic acids is 1. The summed E-state index contributed by atoms with van der Waals surface area (Å²) in [7, 11) is 0. The van der Waals surface area contributed by atoms with Gasteiger partial charge in [0.2, 0.25) is 0 Å². The molecule has 0 bridgehead atoms. The Morgan fingerprint density at radius 1 is 1.12 bits per heavy atom. The smallest absolute Gasteiger partial charge is 0.335 e.